The molecule has 0 saturated carbocycles. The highest BCUT2D eigenvalue weighted by atomic mass is 16.5. The number of rotatable bonds is 9. The van der Waals surface area contributed by atoms with Gasteiger partial charge in [-0.15, -0.1) is 0 Å². The molecule has 3 aromatic rings. The van der Waals surface area contributed by atoms with Gasteiger partial charge in [0.05, 0.1) is 18.8 Å². The standard InChI is InChI=1S/C24H28N2O4/c1-16(26(3)15-7-8-18-11-13-19(29-4)14-12-18)24(28)25-22-20-9-5-6-10-21(20)30-23(22)17(2)27/h5-6,9-14,16H,7-8,15H2,1-4H3,(H,25,28). The summed E-state index contributed by atoms with van der Waals surface area (Å²) < 4.78 is 10.8. The number of likely N-dealkylation sites (N-methyl/N-ethyl adjacent to an activating group) is 1. The van der Waals surface area contributed by atoms with Gasteiger partial charge in [-0.2, -0.15) is 0 Å². The van der Waals surface area contributed by atoms with E-state index >= 15 is 0 Å². The molecule has 1 aromatic heterocycles. The van der Waals surface area contributed by atoms with Crippen molar-refractivity contribution in [3.63, 3.8) is 0 Å². The van der Waals surface area contributed by atoms with E-state index in [-0.39, 0.29) is 23.5 Å². The first-order valence-corrected chi connectivity index (χ1v) is 10.1. The minimum Gasteiger partial charge on any atom is -0.497 e. The van der Waals surface area contributed by atoms with Crippen LogP contribution in [0.25, 0.3) is 11.0 Å². The van der Waals surface area contributed by atoms with Crippen LogP contribution in [0, 0.1) is 0 Å². The molecule has 1 amide bonds. The van der Waals surface area contributed by atoms with Crippen LogP contribution in [0.4, 0.5) is 5.69 Å². The Morgan fingerprint density at radius 3 is 2.50 bits per heavy atom. The minimum atomic E-state index is -0.352. The Morgan fingerprint density at radius 1 is 1.13 bits per heavy atom. The zero-order valence-corrected chi connectivity index (χ0v) is 17.9. The highest BCUT2D eigenvalue weighted by Gasteiger charge is 2.23. The van der Waals surface area contributed by atoms with E-state index < -0.39 is 0 Å². The lowest BCUT2D eigenvalue weighted by Crippen LogP contribution is -2.40. The number of ether oxygens (including phenoxy) is 1. The number of benzene rings is 2. The van der Waals surface area contributed by atoms with Crippen LogP contribution in [0.3, 0.4) is 0 Å². The van der Waals surface area contributed by atoms with Gasteiger partial charge in [-0.25, -0.2) is 0 Å². The third kappa shape index (κ3) is 4.89. The molecule has 1 N–H and O–H groups in total. The number of para-hydroxylation sites is 1. The van der Waals surface area contributed by atoms with E-state index in [0.717, 1.165) is 30.5 Å². The highest BCUT2D eigenvalue weighted by molar-refractivity contribution is 6.11. The molecule has 1 atom stereocenters. The third-order valence-corrected chi connectivity index (χ3v) is 5.34. The van der Waals surface area contributed by atoms with Crippen molar-refractivity contribution < 1.29 is 18.7 Å². The van der Waals surface area contributed by atoms with Crippen LogP contribution in [0.2, 0.25) is 0 Å². The van der Waals surface area contributed by atoms with E-state index in [0.29, 0.717) is 11.3 Å². The van der Waals surface area contributed by atoms with Crippen molar-refractivity contribution in [2.75, 3.05) is 26.0 Å². The first-order chi connectivity index (χ1) is 14.4. The maximum absolute atomic E-state index is 12.9. The van der Waals surface area contributed by atoms with Gasteiger partial charge in [0.15, 0.2) is 11.5 Å². The Balaban J connectivity index is 1.60. The number of carbonyl (C=O) groups excluding carboxylic acids is 2. The van der Waals surface area contributed by atoms with Gasteiger partial charge in [0.1, 0.15) is 11.3 Å². The van der Waals surface area contributed by atoms with Gasteiger partial charge in [-0.3, -0.25) is 14.5 Å². The van der Waals surface area contributed by atoms with Crippen molar-refractivity contribution in [2.45, 2.75) is 32.7 Å². The third-order valence-electron chi connectivity index (χ3n) is 5.34. The number of aryl methyl sites for hydroxylation is 1. The van der Waals surface area contributed by atoms with E-state index in [4.69, 9.17) is 9.15 Å². The molecule has 0 aliphatic heterocycles. The highest BCUT2D eigenvalue weighted by Crippen LogP contribution is 2.31. The summed E-state index contributed by atoms with van der Waals surface area (Å²) in [5.41, 5.74) is 2.26. The Bertz CT molecular complexity index is 1020. The molecule has 3 rings (SSSR count). The maximum atomic E-state index is 12.9. The molecule has 2 aromatic carbocycles. The van der Waals surface area contributed by atoms with Crippen LogP contribution in [0.5, 0.6) is 5.75 Å². The quantitative estimate of drug-likeness (QED) is 0.527. The van der Waals surface area contributed by atoms with Gasteiger partial charge in [0.2, 0.25) is 5.91 Å². The van der Waals surface area contributed by atoms with Crippen molar-refractivity contribution in [1.29, 1.82) is 0 Å². The fraction of sp³-hybridized carbons (Fsp3) is 0.333. The summed E-state index contributed by atoms with van der Waals surface area (Å²) >= 11 is 0. The zero-order valence-electron chi connectivity index (χ0n) is 17.9. The molecule has 1 unspecified atom stereocenters. The van der Waals surface area contributed by atoms with Gasteiger partial charge in [-0.1, -0.05) is 24.3 Å². The van der Waals surface area contributed by atoms with E-state index in [2.05, 4.69) is 17.4 Å². The van der Waals surface area contributed by atoms with E-state index in [1.807, 2.05) is 49.2 Å². The van der Waals surface area contributed by atoms with E-state index in [9.17, 15) is 9.59 Å². The van der Waals surface area contributed by atoms with Crippen LogP contribution in [-0.4, -0.2) is 43.3 Å². The molecular weight excluding hydrogens is 380 g/mol. The van der Waals surface area contributed by atoms with Gasteiger partial charge in [0, 0.05) is 12.3 Å². The second kappa shape index (κ2) is 9.59. The van der Waals surface area contributed by atoms with Crippen molar-refractivity contribution in [1.82, 2.24) is 4.90 Å². The number of carbonyl (C=O) groups is 2. The van der Waals surface area contributed by atoms with Crippen molar-refractivity contribution in [3.05, 3.63) is 59.9 Å². The number of furan rings is 1. The number of nitrogens with zero attached hydrogens (tertiary/aromatic N) is 1. The van der Waals surface area contributed by atoms with Crippen LogP contribution in [0.15, 0.2) is 52.9 Å². The van der Waals surface area contributed by atoms with Crippen molar-refractivity contribution in [3.8, 4) is 5.75 Å². The lowest BCUT2D eigenvalue weighted by atomic mass is 10.1. The Labute approximate surface area is 176 Å². The fourth-order valence-corrected chi connectivity index (χ4v) is 3.36. The SMILES string of the molecule is COc1ccc(CCCN(C)C(C)C(=O)Nc2c(C(C)=O)oc3ccccc23)cc1. The van der Waals surface area contributed by atoms with Crippen LogP contribution < -0.4 is 10.1 Å². The average molecular weight is 408 g/mol. The first kappa shape index (κ1) is 21.6. The second-order valence-corrected chi connectivity index (χ2v) is 7.46. The average Bonchev–Trinajstić information content (AvgIpc) is 3.12. The summed E-state index contributed by atoms with van der Waals surface area (Å²) in [5, 5.41) is 3.63. The van der Waals surface area contributed by atoms with Crippen LogP contribution in [-0.2, 0) is 11.2 Å². The molecule has 30 heavy (non-hydrogen) atoms. The minimum absolute atomic E-state index is 0.170. The number of fused-ring (bicyclic) bond motifs is 1. The number of anilines is 1. The number of hydrogen-bond acceptors (Lipinski definition) is 5. The molecule has 6 heteroatoms. The number of ketones is 1. The number of nitrogens with one attached hydrogen (secondary N) is 1. The van der Waals surface area contributed by atoms with Gasteiger partial charge in [0.25, 0.3) is 0 Å². The summed E-state index contributed by atoms with van der Waals surface area (Å²) in [6.07, 6.45) is 1.84. The first-order valence-electron chi connectivity index (χ1n) is 10.1. The predicted octanol–water partition coefficient (Wildman–Crippen LogP) is 4.54. The van der Waals surface area contributed by atoms with Crippen LogP contribution in [0.1, 0.15) is 36.4 Å². The lowest BCUT2D eigenvalue weighted by molar-refractivity contribution is -0.120. The monoisotopic (exact) mass is 408 g/mol. The smallest absolute Gasteiger partial charge is 0.241 e. The molecule has 0 saturated heterocycles. The fourth-order valence-electron chi connectivity index (χ4n) is 3.36. The van der Waals surface area contributed by atoms with Gasteiger partial charge < -0.3 is 14.5 Å². The molecule has 158 valence electrons. The Kier molecular flexibility index (Phi) is 6.90. The number of hydrogen-bond donors (Lipinski definition) is 1. The summed E-state index contributed by atoms with van der Waals surface area (Å²) in [6.45, 7) is 4.06. The molecule has 0 radical (unpaired) electrons. The molecule has 0 spiro atoms. The Hall–Kier alpha value is -3.12. The van der Waals surface area contributed by atoms with Crippen LogP contribution >= 0.6 is 0 Å². The van der Waals surface area contributed by atoms with Crippen molar-refractivity contribution in [2.24, 2.45) is 0 Å². The molecule has 6 nitrogen and oxygen atoms in total. The summed E-state index contributed by atoms with van der Waals surface area (Å²) in [4.78, 5) is 26.8. The van der Waals surface area contributed by atoms with Gasteiger partial charge >= 0.3 is 0 Å². The summed E-state index contributed by atoms with van der Waals surface area (Å²) in [6, 6.07) is 15.0. The lowest BCUT2D eigenvalue weighted by Gasteiger charge is -2.23. The molecular formula is C24H28N2O4. The number of methoxy groups -OCH3 is 1. The molecule has 0 aliphatic rings. The van der Waals surface area contributed by atoms with E-state index in [1.165, 1.54) is 12.5 Å². The molecule has 0 fully saturated rings. The second-order valence-electron chi connectivity index (χ2n) is 7.46. The largest absolute Gasteiger partial charge is 0.497 e. The Morgan fingerprint density at radius 2 is 1.83 bits per heavy atom. The van der Waals surface area contributed by atoms with E-state index in [1.54, 1.807) is 13.2 Å². The topological polar surface area (TPSA) is 71.8 Å². The van der Waals surface area contributed by atoms with Crippen molar-refractivity contribution >= 4 is 28.3 Å². The molecule has 0 aliphatic carbocycles. The predicted molar refractivity (Wildman–Crippen MR) is 118 cm³/mol. The zero-order chi connectivity index (χ0) is 21.7. The summed E-state index contributed by atoms with van der Waals surface area (Å²) in [5.74, 6) is 0.634. The summed E-state index contributed by atoms with van der Waals surface area (Å²) in [7, 11) is 3.58. The molecule has 0 bridgehead atoms. The molecule has 1 heterocycles. The number of Topliss-reactive ketones (excluding diaryl/α,β-unsaturated/α-hetero) is 1. The maximum Gasteiger partial charge on any atom is 0.241 e. The number of amides is 1. The van der Waals surface area contributed by atoms with Gasteiger partial charge in [-0.05, 0) is 63.2 Å². The normalized spacial score (nSPS) is 12.2.